The van der Waals surface area contributed by atoms with Crippen LogP contribution in [0, 0.1) is 12.3 Å². The lowest BCUT2D eigenvalue weighted by molar-refractivity contribution is 0.303. The van der Waals surface area contributed by atoms with E-state index >= 15 is 0 Å². The first-order valence-electron chi connectivity index (χ1n) is 5.91. The third-order valence-electron chi connectivity index (χ3n) is 2.86. The van der Waals surface area contributed by atoms with Crippen molar-refractivity contribution < 1.29 is 4.52 Å². The maximum absolute atomic E-state index is 6.10. The van der Waals surface area contributed by atoms with E-state index in [1.54, 1.807) is 6.20 Å². The number of aromatic nitrogens is 3. The van der Waals surface area contributed by atoms with Gasteiger partial charge in [0.2, 0.25) is 0 Å². The molecule has 0 spiro atoms. The van der Waals surface area contributed by atoms with Crippen molar-refractivity contribution in [1.29, 1.82) is 0 Å². The van der Waals surface area contributed by atoms with E-state index in [0.717, 1.165) is 5.56 Å². The van der Waals surface area contributed by atoms with Crippen LogP contribution in [0.25, 0.3) is 11.6 Å². The lowest BCUT2D eigenvalue weighted by Gasteiger charge is -2.23. The molecular formula is C13H18N4O. The molecule has 0 saturated carbocycles. The van der Waals surface area contributed by atoms with E-state index in [2.05, 4.69) is 15.1 Å². The maximum atomic E-state index is 6.10. The van der Waals surface area contributed by atoms with Crippen molar-refractivity contribution >= 4 is 0 Å². The van der Waals surface area contributed by atoms with Gasteiger partial charge in [0.15, 0.2) is 5.82 Å². The summed E-state index contributed by atoms with van der Waals surface area (Å²) in [6.45, 7) is 8.08. The van der Waals surface area contributed by atoms with Gasteiger partial charge in [0, 0.05) is 6.20 Å². The quantitative estimate of drug-likeness (QED) is 0.880. The number of hydrogen-bond acceptors (Lipinski definition) is 5. The minimum atomic E-state index is -0.265. The summed E-state index contributed by atoms with van der Waals surface area (Å²) in [5, 5.41) is 3.95. The number of pyridine rings is 1. The van der Waals surface area contributed by atoms with Gasteiger partial charge in [0.25, 0.3) is 5.89 Å². The third-order valence-corrected chi connectivity index (χ3v) is 2.86. The first-order valence-corrected chi connectivity index (χ1v) is 5.91. The van der Waals surface area contributed by atoms with Crippen LogP contribution in [-0.2, 0) is 0 Å². The number of nitrogens with zero attached hydrogens (tertiary/aromatic N) is 3. The fourth-order valence-electron chi connectivity index (χ4n) is 1.55. The normalized spacial score (nSPS) is 13.6. The van der Waals surface area contributed by atoms with Crippen LogP contribution in [-0.4, -0.2) is 15.1 Å². The number of rotatable bonds is 2. The number of hydrogen-bond donors (Lipinski definition) is 1. The largest absolute Gasteiger partial charge is 0.332 e. The smallest absolute Gasteiger partial charge is 0.276 e. The molecule has 0 aromatic carbocycles. The monoisotopic (exact) mass is 246 g/mol. The van der Waals surface area contributed by atoms with Crippen LogP contribution in [0.5, 0.6) is 0 Å². The Bertz CT molecular complexity index is 542. The summed E-state index contributed by atoms with van der Waals surface area (Å²) in [4.78, 5) is 8.59. The van der Waals surface area contributed by atoms with E-state index in [4.69, 9.17) is 10.3 Å². The summed E-state index contributed by atoms with van der Waals surface area (Å²) in [5.74, 6) is 0.936. The van der Waals surface area contributed by atoms with Crippen LogP contribution in [0.4, 0.5) is 0 Å². The molecule has 5 nitrogen and oxygen atoms in total. The highest BCUT2D eigenvalue weighted by Crippen LogP contribution is 2.29. The van der Waals surface area contributed by atoms with Crippen molar-refractivity contribution in [2.75, 3.05) is 0 Å². The van der Waals surface area contributed by atoms with E-state index in [0.29, 0.717) is 17.4 Å². The van der Waals surface area contributed by atoms with Crippen LogP contribution in [0.15, 0.2) is 22.9 Å². The first-order chi connectivity index (χ1) is 8.39. The van der Waals surface area contributed by atoms with Crippen LogP contribution < -0.4 is 5.73 Å². The number of nitrogens with two attached hydrogens (primary N) is 1. The molecule has 0 bridgehead atoms. The van der Waals surface area contributed by atoms with Gasteiger partial charge < -0.3 is 10.3 Å². The second kappa shape index (κ2) is 4.49. The van der Waals surface area contributed by atoms with Crippen LogP contribution in [0.1, 0.15) is 38.2 Å². The van der Waals surface area contributed by atoms with Gasteiger partial charge in [-0.25, -0.2) is 0 Å². The molecule has 2 aromatic heterocycles. The van der Waals surface area contributed by atoms with Crippen molar-refractivity contribution in [3.05, 3.63) is 29.7 Å². The maximum Gasteiger partial charge on any atom is 0.276 e. The zero-order valence-electron chi connectivity index (χ0n) is 11.1. The molecular weight excluding hydrogens is 228 g/mol. The van der Waals surface area contributed by atoms with Crippen molar-refractivity contribution in [1.82, 2.24) is 15.1 Å². The Morgan fingerprint density at radius 1 is 1.33 bits per heavy atom. The SMILES string of the molecule is Cc1cccnc1-c1nc(C(N)C(C)(C)C)no1. The molecule has 0 fully saturated rings. The predicted molar refractivity (Wildman–Crippen MR) is 68.6 cm³/mol. The Balaban J connectivity index is 2.35. The Morgan fingerprint density at radius 2 is 2.06 bits per heavy atom. The van der Waals surface area contributed by atoms with E-state index in [1.807, 2.05) is 39.8 Å². The third kappa shape index (κ3) is 2.41. The molecule has 0 radical (unpaired) electrons. The zero-order chi connectivity index (χ0) is 13.3. The zero-order valence-corrected chi connectivity index (χ0v) is 11.1. The van der Waals surface area contributed by atoms with Gasteiger partial charge in [-0.3, -0.25) is 4.98 Å². The highest BCUT2D eigenvalue weighted by molar-refractivity contribution is 5.51. The lowest BCUT2D eigenvalue weighted by Crippen LogP contribution is -2.27. The molecule has 1 unspecified atom stereocenters. The van der Waals surface area contributed by atoms with Gasteiger partial charge in [0.05, 0.1) is 6.04 Å². The van der Waals surface area contributed by atoms with E-state index < -0.39 is 0 Å². The van der Waals surface area contributed by atoms with Crippen LogP contribution >= 0.6 is 0 Å². The molecule has 2 N–H and O–H groups in total. The van der Waals surface area contributed by atoms with Crippen LogP contribution in [0.3, 0.4) is 0 Å². The molecule has 96 valence electrons. The summed E-state index contributed by atoms with van der Waals surface area (Å²) in [5.41, 5.74) is 7.69. The number of aryl methyl sites for hydroxylation is 1. The molecule has 2 rings (SSSR count). The molecule has 18 heavy (non-hydrogen) atoms. The highest BCUT2D eigenvalue weighted by atomic mass is 16.5. The van der Waals surface area contributed by atoms with E-state index in [9.17, 15) is 0 Å². The van der Waals surface area contributed by atoms with Crippen LogP contribution in [0.2, 0.25) is 0 Å². The van der Waals surface area contributed by atoms with Crippen molar-refractivity contribution in [3.8, 4) is 11.6 Å². The molecule has 0 aliphatic carbocycles. The Labute approximate surface area is 106 Å². The Kier molecular flexibility index (Phi) is 3.17. The highest BCUT2D eigenvalue weighted by Gasteiger charge is 2.27. The summed E-state index contributed by atoms with van der Waals surface area (Å²) in [6, 6.07) is 3.56. The van der Waals surface area contributed by atoms with Crippen molar-refractivity contribution in [2.24, 2.45) is 11.1 Å². The molecule has 0 saturated heterocycles. The summed E-state index contributed by atoms with van der Waals surface area (Å²) < 4.78 is 5.24. The van der Waals surface area contributed by atoms with Gasteiger partial charge in [0.1, 0.15) is 5.69 Å². The van der Waals surface area contributed by atoms with Crippen molar-refractivity contribution in [2.45, 2.75) is 33.7 Å². The first kappa shape index (κ1) is 12.7. The fraction of sp³-hybridized carbons (Fsp3) is 0.462. The predicted octanol–water partition coefficient (Wildman–Crippen LogP) is 2.49. The second-order valence-corrected chi connectivity index (χ2v) is 5.47. The van der Waals surface area contributed by atoms with Gasteiger partial charge in [-0.2, -0.15) is 4.98 Å². The summed E-state index contributed by atoms with van der Waals surface area (Å²) in [7, 11) is 0. The van der Waals surface area contributed by atoms with E-state index in [1.165, 1.54) is 0 Å². The molecule has 0 aliphatic heterocycles. The summed E-state index contributed by atoms with van der Waals surface area (Å²) in [6.07, 6.45) is 1.70. The molecule has 1 atom stereocenters. The standard InChI is InChI=1S/C13H18N4O/c1-8-6-5-7-15-9(8)12-16-11(17-18-12)10(14)13(2,3)4/h5-7,10H,14H2,1-4H3. The van der Waals surface area contributed by atoms with Gasteiger partial charge >= 0.3 is 0 Å². The summed E-state index contributed by atoms with van der Waals surface area (Å²) >= 11 is 0. The lowest BCUT2D eigenvalue weighted by atomic mass is 9.87. The average Bonchev–Trinajstić information content (AvgIpc) is 2.76. The fourth-order valence-corrected chi connectivity index (χ4v) is 1.55. The van der Waals surface area contributed by atoms with E-state index in [-0.39, 0.29) is 11.5 Å². The van der Waals surface area contributed by atoms with Gasteiger partial charge in [-0.05, 0) is 24.0 Å². The second-order valence-electron chi connectivity index (χ2n) is 5.47. The Morgan fingerprint density at radius 3 is 2.67 bits per heavy atom. The van der Waals surface area contributed by atoms with Gasteiger partial charge in [-0.1, -0.05) is 32.0 Å². The molecule has 0 amide bonds. The minimum Gasteiger partial charge on any atom is -0.332 e. The van der Waals surface area contributed by atoms with Gasteiger partial charge in [-0.15, -0.1) is 0 Å². The molecule has 2 heterocycles. The average molecular weight is 246 g/mol. The molecule has 2 aromatic rings. The Hall–Kier alpha value is -1.75. The molecule has 5 heteroatoms. The minimum absolute atomic E-state index is 0.111. The van der Waals surface area contributed by atoms with Crippen molar-refractivity contribution in [3.63, 3.8) is 0 Å². The molecule has 0 aliphatic rings. The topological polar surface area (TPSA) is 77.8 Å².